The summed E-state index contributed by atoms with van der Waals surface area (Å²) < 4.78 is 0. The molecule has 1 aliphatic carbocycles. The molecule has 3 unspecified atom stereocenters. The maximum Gasteiger partial charge on any atom is 0.0459 e. The summed E-state index contributed by atoms with van der Waals surface area (Å²) in [6.07, 6.45) is 4.18. The van der Waals surface area contributed by atoms with Gasteiger partial charge in [0.1, 0.15) is 0 Å². The molecule has 0 amide bonds. The van der Waals surface area contributed by atoms with Gasteiger partial charge in [-0.05, 0) is 31.1 Å². The highest BCUT2D eigenvalue weighted by atomic mass is 15.2. The van der Waals surface area contributed by atoms with E-state index in [1.807, 2.05) is 0 Å². The van der Waals surface area contributed by atoms with Crippen molar-refractivity contribution in [3.63, 3.8) is 0 Å². The van der Waals surface area contributed by atoms with Gasteiger partial charge in [-0.25, -0.2) is 0 Å². The number of hydrogen-bond donors (Lipinski definition) is 2. The summed E-state index contributed by atoms with van der Waals surface area (Å²) in [4.78, 5) is 0. The van der Waals surface area contributed by atoms with Gasteiger partial charge >= 0.3 is 0 Å². The van der Waals surface area contributed by atoms with Gasteiger partial charge in [-0.2, -0.15) is 0 Å². The average Bonchev–Trinajstić information content (AvgIpc) is 2.49. The molecule has 1 saturated heterocycles. The summed E-state index contributed by atoms with van der Waals surface area (Å²) in [5, 5.41) is 7.04. The van der Waals surface area contributed by atoms with Crippen LogP contribution in [-0.4, -0.2) is 18.8 Å². The van der Waals surface area contributed by atoms with E-state index in [1.165, 1.54) is 19.3 Å². The van der Waals surface area contributed by atoms with Crippen molar-refractivity contribution in [3.8, 4) is 0 Å². The SMILES string of the molecule is CC(C)C1CCC2NCNC2C1. The summed E-state index contributed by atoms with van der Waals surface area (Å²) in [5.41, 5.74) is 0. The molecule has 0 aromatic heterocycles. The maximum atomic E-state index is 3.53. The minimum absolute atomic E-state index is 0.770. The standard InChI is InChI=1S/C10H20N2/c1-7(2)8-3-4-9-10(5-8)12-6-11-9/h7-12H,3-6H2,1-2H3. The highest BCUT2D eigenvalue weighted by molar-refractivity contribution is 4.93. The molecule has 1 saturated carbocycles. The van der Waals surface area contributed by atoms with Gasteiger partial charge in [-0.3, -0.25) is 0 Å². The highest BCUT2D eigenvalue weighted by Crippen LogP contribution is 2.31. The monoisotopic (exact) mass is 168 g/mol. The second-order valence-electron chi connectivity index (χ2n) is 4.62. The smallest absolute Gasteiger partial charge is 0.0459 e. The lowest BCUT2D eigenvalue weighted by Gasteiger charge is -2.33. The molecule has 0 bridgehead atoms. The summed E-state index contributed by atoms with van der Waals surface area (Å²) >= 11 is 0. The number of rotatable bonds is 1. The number of nitrogens with one attached hydrogen (secondary N) is 2. The summed E-state index contributed by atoms with van der Waals surface area (Å²) in [5.74, 6) is 1.83. The lowest BCUT2D eigenvalue weighted by atomic mass is 9.77. The fourth-order valence-electron chi connectivity index (χ4n) is 2.60. The van der Waals surface area contributed by atoms with Gasteiger partial charge in [0, 0.05) is 18.8 Å². The lowest BCUT2D eigenvalue weighted by molar-refractivity contribution is 0.229. The Bertz CT molecular complexity index is 156. The molecule has 2 rings (SSSR count). The van der Waals surface area contributed by atoms with E-state index in [4.69, 9.17) is 0 Å². The molecule has 0 aromatic carbocycles. The second kappa shape index (κ2) is 3.35. The molecule has 2 aliphatic rings. The van der Waals surface area contributed by atoms with Crippen LogP contribution in [0.25, 0.3) is 0 Å². The molecule has 12 heavy (non-hydrogen) atoms. The first-order valence-electron chi connectivity index (χ1n) is 5.24. The maximum absolute atomic E-state index is 3.53. The molecular weight excluding hydrogens is 148 g/mol. The van der Waals surface area contributed by atoms with Gasteiger partial charge in [0.05, 0.1) is 0 Å². The Labute approximate surface area is 75.1 Å². The van der Waals surface area contributed by atoms with E-state index >= 15 is 0 Å². The molecule has 0 aromatic rings. The Kier molecular flexibility index (Phi) is 2.37. The summed E-state index contributed by atoms with van der Waals surface area (Å²) in [6.45, 7) is 5.74. The first-order valence-corrected chi connectivity index (χ1v) is 5.24. The van der Waals surface area contributed by atoms with Crippen molar-refractivity contribution < 1.29 is 0 Å². The van der Waals surface area contributed by atoms with Crippen LogP contribution in [0.1, 0.15) is 33.1 Å². The third-order valence-electron chi connectivity index (χ3n) is 3.56. The fraction of sp³-hybridized carbons (Fsp3) is 1.00. The van der Waals surface area contributed by atoms with Gasteiger partial charge in [0.2, 0.25) is 0 Å². The van der Waals surface area contributed by atoms with E-state index in [0.717, 1.165) is 30.6 Å². The van der Waals surface area contributed by atoms with Gasteiger partial charge in [-0.15, -0.1) is 0 Å². The third-order valence-corrected chi connectivity index (χ3v) is 3.56. The van der Waals surface area contributed by atoms with Crippen molar-refractivity contribution >= 4 is 0 Å². The van der Waals surface area contributed by atoms with E-state index in [1.54, 1.807) is 0 Å². The molecule has 2 N–H and O–H groups in total. The van der Waals surface area contributed by atoms with Gasteiger partial charge in [-0.1, -0.05) is 13.8 Å². The predicted molar refractivity (Wildman–Crippen MR) is 50.9 cm³/mol. The van der Waals surface area contributed by atoms with E-state index in [9.17, 15) is 0 Å². The number of hydrogen-bond acceptors (Lipinski definition) is 2. The molecule has 1 heterocycles. The number of fused-ring (bicyclic) bond motifs is 1. The zero-order chi connectivity index (χ0) is 8.55. The van der Waals surface area contributed by atoms with Crippen molar-refractivity contribution in [3.05, 3.63) is 0 Å². The fourth-order valence-corrected chi connectivity index (χ4v) is 2.60. The van der Waals surface area contributed by atoms with Crippen LogP contribution in [0.4, 0.5) is 0 Å². The van der Waals surface area contributed by atoms with Crippen LogP contribution < -0.4 is 10.6 Å². The first kappa shape index (κ1) is 8.52. The Morgan fingerprint density at radius 3 is 2.58 bits per heavy atom. The summed E-state index contributed by atoms with van der Waals surface area (Å²) in [7, 11) is 0. The molecule has 0 radical (unpaired) electrons. The Morgan fingerprint density at radius 1 is 1.08 bits per heavy atom. The molecule has 1 aliphatic heterocycles. The molecule has 0 spiro atoms. The second-order valence-corrected chi connectivity index (χ2v) is 4.62. The lowest BCUT2D eigenvalue weighted by Crippen LogP contribution is -2.40. The molecule has 2 heteroatoms. The molecule has 3 atom stereocenters. The summed E-state index contributed by atoms with van der Waals surface area (Å²) in [6, 6.07) is 1.55. The van der Waals surface area contributed by atoms with Crippen LogP contribution in [-0.2, 0) is 0 Å². The predicted octanol–water partition coefficient (Wildman–Crippen LogP) is 1.33. The normalized spacial score (nSPS) is 41.8. The van der Waals surface area contributed by atoms with E-state index < -0.39 is 0 Å². The van der Waals surface area contributed by atoms with Gasteiger partial charge < -0.3 is 10.6 Å². The van der Waals surface area contributed by atoms with E-state index in [2.05, 4.69) is 24.5 Å². The zero-order valence-corrected chi connectivity index (χ0v) is 8.14. The average molecular weight is 168 g/mol. The molecule has 2 fully saturated rings. The topological polar surface area (TPSA) is 24.1 Å². The van der Waals surface area contributed by atoms with Crippen LogP contribution in [0.15, 0.2) is 0 Å². The van der Waals surface area contributed by atoms with Crippen molar-refractivity contribution in [1.29, 1.82) is 0 Å². The first-order chi connectivity index (χ1) is 5.77. The Morgan fingerprint density at radius 2 is 1.83 bits per heavy atom. The molecule has 70 valence electrons. The van der Waals surface area contributed by atoms with Crippen LogP contribution in [0, 0.1) is 11.8 Å². The van der Waals surface area contributed by atoms with Crippen LogP contribution in [0.3, 0.4) is 0 Å². The largest absolute Gasteiger partial charge is 0.300 e. The van der Waals surface area contributed by atoms with Crippen LogP contribution >= 0.6 is 0 Å². The van der Waals surface area contributed by atoms with Crippen molar-refractivity contribution in [1.82, 2.24) is 10.6 Å². The van der Waals surface area contributed by atoms with E-state index in [-0.39, 0.29) is 0 Å². The Balaban J connectivity index is 1.92. The minimum Gasteiger partial charge on any atom is -0.300 e. The quantitative estimate of drug-likeness (QED) is 0.617. The molecule has 2 nitrogen and oxygen atoms in total. The van der Waals surface area contributed by atoms with Crippen LogP contribution in [0.5, 0.6) is 0 Å². The minimum atomic E-state index is 0.770. The Hall–Kier alpha value is -0.0800. The van der Waals surface area contributed by atoms with Crippen molar-refractivity contribution in [2.75, 3.05) is 6.67 Å². The highest BCUT2D eigenvalue weighted by Gasteiger charge is 2.33. The van der Waals surface area contributed by atoms with Crippen LogP contribution in [0.2, 0.25) is 0 Å². The van der Waals surface area contributed by atoms with E-state index in [0.29, 0.717) is 0 Å². The van der Waals surface area contributed by atoms with Crippen molar-refractivity contribution in [2.45, 2.75) is 45.2 Å². The van der Waals surface area contributed by atoms with Crippen molar-refractivity contribution in [2.24, 2.45) is 11.8 Å². The molecular formula is C10H20N2. The van der Waals surface area contributed by atoms with Gasteiger partial charge in [0.25, 0.3) is 0 Å². The third kappa shape index (κ3) is 1.50. The zero-order valence-electron chi connectivity index (χ0n) is 8.14. The van der Waals surface area contributed by atoms with Gasteiger partial charge in [0.15, 0.2) is 0 Å².